The van der Waals surface area contributed by atoms with Gasteiger partial charge in [-0.15, -0.1) is 0 Å². The summed E-state index contributed by atoms with van der Waals surface area (Å²) in [6.45, 7) is 4.29. The van der Waals surface area contributed by atoms with Crippen LogP contribution in [0.3, 0.4) is 0 Å². The number of hydrogen-bond acceptors (Lipinski definition) is 4. The first-order valence-electron chi connectivity index (χ1n) is 8.97. The summed E-state index contributed by atoms with van der Waals surface area (Å²) in [5, 5.41) is 0.577. The first kappa shape index (κ1) is 20.4. The normalized spacial score (nSPS) is 17.8. The van der Waals surface area contributed by atoms with E-state index in [1.54, 1.807) is 47.4 Å². The van der Waals surface area contributed by atoms with E-state index in [1.807, 2.05) is 12.1 Å². The van der Waals surface area contributed by atoms with E-state index >= 15 is 0 Å². The first-order chi connectivity index (χ1) is 13.4. The monoisotopic (exact) mass is 419 g/mol. The maximum atomic E-state index is 13.2. The van der Waals surface area contributed by atoms with E-state index in [-0.39, 0.29) is 23.5 Å². The van der Waals surface area contributed by atoms with Crippen LogP contribution in [-0.4, -0.2) is 43.4 Å². The average molecular weight is 420 g/mol. The Labute approximate surface area is 170 Å². The van der Waals surface area contributed by atoms with Crippen LogP contribution in [0, 0.1) is 0 Å². The van der Waals surface area contributed by atoms with Gasteiger partial charge in [-0.3, -0.25) is 4.79 Å². The third-order valence-electron chi connectivity index (χ3n) is 4.62. The lowest BCUT2D eigenvalue weighted by atomic mass is 10.1. The van der Waals surface area contributed by atoms with Gasteiger partial charge in [-0.05, 0) is 48.4 Å². The summed E-state index contributed by atoms with van der Waals surface area (Å²) in [5.41, 5.74) is 1.34. The summed E-state index contributed by atoms with van der Waals surface area (Å²) >= 11 is 6.07. The second-order valence-electron chi connectivity index (χ2n) is 6.74. The Balaban J connectivity index is 1.85. The lowest BCUT2D eigenvalue weighted by molar-refractivity contribution is 0.0681. The fraction of sp³-hybridized carbons (Fsp3) is 0.286. The molecule has 1 saturated heterocycles. The molecular formula is C21H22ClNO4S. The van der Waals surface area contributed by atoms with E-state index in [0.717, 1.165) is 5.56 Å². The van der Waals surface area contributed by atoms with E-state index < -0.39 is 9.84 Å². The van der Waals surface area contributed by atoms with Gasteiger partial charge >= 0.3 is 0 Å². The molecule has 2 aromatic carbocycles. The second-order valence-corrected chi connectivity index (χ2v) is 9.41. The van der Waals surface area contributed by atoms with E-state index in [9.17, 15) is 13.2 Å². The molecule has 0 unspecified atom stereocenters. The first-order valence-corrected chi connectivity index (χ1v) is 11.2. The summed E-state index contributed by atoms with van der Waals surface area (Å²) in [6.07, 6.45) is 2.08. The molecule has 5 nitrogen and oxygen atoms in total. The number of halogens is 1. The largest absolute Gasteiger partial charge is 0.490 e. The van der Waals surface area contributed by atoms with Crippen LogP contribution in [0.4, 0.5) is 0 Å². The fourth-order valence-corrected chi connectivity index (χ4v) is 5.18. The predicted molar refractivity (Wildman–Crippen MR) is 111 cm³/mol. The van der Waals surface area contributed by atoms with Gasteiger partial charge in [0, 0.05) is 23.2 Å². The molecule has 1 aliphatic rings. The Bertz CT molecular complexity index is 957. The van der Waals surface area contributed by atoms with E-state index in [0.29, 0.717) is 35.9 Å². The van der Waals surface area contributed by atoms with Crippen molar-refractivity contribution < 1.29 is 17.9 Å². The van der Waals surface area contributed by atoms with Crippen LogP contribution in [0.25, 0.3) is 0 Å². The summed E-state index contributed by atoms with van der Waals surface area (Å²) in [6, 6.07) is 13.7. The van der Waals surface area contributed by atoms with E-state index in [1.165, 1.54) is 0 Å². The fourth-order valence-electron chi connectivity index (χ4n) is 3.23. The molecule has 0 bridgehead atoms. The molecule has 0 radical (unpaired) electrons. The Morgan fingerprint density at radius 2 is 2.00 bits per heavy atom. The quantitative estimate of drug-likeness (QED) is 0.641. The summed E-state index contributed by atoms with van der Waals surface area (Å²) in [5.74, 6) is 0.518. The maximum Gasteiger partial charge on any atom is 0.254 e. The summed E-state index contributed by atoms with van der Waals surface area (Å²) in [4.78, 5) is 14.8. The molecule has 148 valence electrons. The molecule has 7 heteroatoms. The van der Waals surface area contributed by atoms with Gasteiger partial charge < -0.3 is 9.64 Å². The van der Waals surface area contributed by atoms with Gasteiger partial charge in [0.1, 0.15) is 12.4 Å². The number of ether oxygens (including phenoxy) is 1. The SMILES string of the molecule is C=CCOc1ccc(C(=O)N(Cc2cccc(Cl)c2)[C@H]2CCS(=O)(=O)C2)cc1. The Kier molecular flexibility index (Phi) is 6.42. The van der Waals surface area contributed by atoms with Crippen molar-refractivity contribution >= 4 is 27.3 Å². The van der Waals surface area contributed by atoms with Crippen LogP contribution >= 0.6 is 11.6 Å². The standard InChI is InChI=1S/C21H22ClNO4S/c1-2-11-27-20-8-6-17(7-9-20)21(24)23(19-10-12-28(25,26)15-19)14-16-4-3-5-18(22)13-16/h2-9,13,19H,1,10-12,14-15H2/t19-/m0/s1. The molecule has 2 aromatic rings. The Hall–Kier alpha value is -2.31. The molecule has 1 fully saturated rings. The summed E-state index contributed by atoms with van der Waals surface area (Å²) in [7, 11) is -3.12. The third kappa shape index (κ3) is 5.14. The molecule has 28 heavy (non-hydrogen) atoms. The maximum absolute atomic E-state index is 13.2. The highest BCUT2D eigenvalue weighted by Crippen LogP contribution is 2.24. The van der Waals surface area contributed by atoms with Gasteiger partial charge in [-0.25, -0.2) is 8.42 Å². The number of sulfone groups is 1. The molecule has 1 atom stereocenters. The van der Waals surface area contributed by atoms with Crippen molar-refractivity contribution in [3.05, 3.63) is 77.3 Å². The lowest BCUT2D eigenvalue weighted by Crippen LogP contribution is -2.40. The Morgan fingerprint density at radius 1 is 1.25 bits per heavy atom. The van der Waals surface area contributed by atoms with Crippen molar-refractivity contribution in [1.82, 2.24) is 4.90 Å². The van der Waals surface area contributed by atoms with Crippen molar-refractivity contribution in [1.29, 1.82) is 0 Å². The summed E-state index contributed by atoms with van der Waals surface area (Å²) < 4.78 is 29.4. The van der Waals surface area contributed by atoms with Crippen LogP contribution in [0.15, 0.2) is 61.2 Å². The molecule has 0 N–H and O–H groups in total. The zero-order valence-electron chi connectivity index (χ0n) is 15.4. The van der Waals surface area contributed by atoms with Crippen molar-refractivity contribution in [2.75, 3.05) is 18.1 Å². The highest BCUT2D eigenvalue weighted by atomic mass is 35.5. The topological polar surface area (TPSA) is 63.7 Å². The highest BCUT2D eigenvalue weighted by molar-refractivity contribution is 7.91. The molecule has 0 aliphatic carbocycles. The van der Waals surface area contributed by atoms with E-state index in [2.05, 4.69) is 6.58 Å². The van der Waals surface area contributed by atoms with Crippen LogP contribution in [-0.2, 0) is 16.4 Å². The molecule has 1 aliphatic heterocycles. The van der Waals surface area contributed by atoms with Crippen molar-refractivity contribution in [2.45, 2.75) is 19.0 Å². The predicted octanol–water partition coefficient (Wildman–Crippen LogP) is 3.73. The third-order valence-corrected chi connectivity index (χ3v) is 6.61. The minimum absolute atomic E-state index is 0.0141. The second kappa shape index (κ2) is 8.80. The van der Waals surface area contributed by atoms with Crippen molar-refractivity contribution in [3.8, 4) is 5.75 Å². The number of carbonyl (C=O) groups is 1. The number of carbonyl (C=O) groups excluding carboxylic acids is 1. The minimum atomic E-state index is -3.12. The number of rotatable bonds is 7. The van der Waals surface area contributed by atoms with Gasteiger partial charge in [0.05, 0.1) is 11.5 Å². The molecular weight excluding hydrogens is 398 g/mol. The number of nitrogens with zero attached hydrogens (tertiary/aromatic N) is 1. The smallest absolute Gasteiger partial charge is 0.254 e. The van der Waals surface area contributed by atoms with E-state index in [4.69, 9.17) is 16.3 Å². The van der Waals surface area contributed by atoms with Gasteiger partial charge in [-0.1, -0.05) is 36.4 Å². The van der Waals surface area contributed by atoms with Gasteiger partial charge in [0.2, 0.25) is 0 Å². The van der Waals surface area contributed by atoms with Crippen LogP contribution in [0.1, 0.15) is 22.3 Å². The van der Waals surface area contributed by atoms with Crippen molar-refractivity contribution in [2.24, 2.45) is 0 Å². The highest BCUT2D eigenvalue weighted by Gasteiger charge is 2.35. The van der Waals surface area contributed by atoms with Crippen LogP contribution in [0.5, 0.6) is 5.75 Å². The number of amides is 1. The Morgan fingerprint density at radius 3 is 2.61 bits per heavy atom. The van der Waals surface area contributed by atoms with Crippen LogP contribution < -0.4 is 4.74 Å². The molecule has 3 rings (SSSR count). The lowest BCUT2D eigenvalue weighted by Gasteiger charge is -2.28. The molecule has 0 spiro atoms. The zero-order chi connectivity index (χ0) is 20.1. The number of hydrogen-bond donors (Lipinski definition) is 0. The molecule has 1 heterocycles. The molecule has 0 saturated carbocycles. The van der Waals surface area contributed by atoms with Gasteiger partial charge in [0.25, 0.3) is 5.91 Å². The molecule has 0 aromatic heterocycles. The van der Waals surface area contributed by atoms with Crippen molar-refractivity contribution in [3.63, 3.8) is 0 Å². The molecule has 1 amide bonds. The van der Waals surface area contributed by atoms with Gasteiger partial charge in [-0.2, -0.15) is 0 Å². The minimum Gasteiger partial charge on any atom is -0.490 e. The zero-order valence-corrected chi connectivity index (χ0v) is 17.0. The van der Waals surface area contributed by atoms with Crippen LogP contribution in [0.2, 0.25) is 5.02 Å². The van der Waals surface area contributed by atoms with Gasteiger partial charge in [0.15, 0.2) is 9.84 Å². The average Bonchev–Trinajstić information content (AvgIpc) is 3.04. The number of benzene rings is 2.